The molecular formula is C21H22Cl3N3O2. The third kappa shape index (κ3) is 5.78. The van der Waals surface area contributed by atoms with E-state index in [-0.39, 0.29) is 18.2 Å². The molecule has 0 spiro atoms. The number of carbonyl (C=O) groups is 1. The quantitative estimate of drug-likeness (QED) is 0.603. The number of nitrogens with one attached hydrogen (secondary N) is 1. The molecule has 2 aromatic carbocycles. The fraction of sp³-hybridized carbons (Fsp3) is 0.333. The lowest BCUT2D eigenvalue weighted by Crippen LogP contribution is -2.45. The van der Waals surface area contributed by atoms with Gasteiger partial charge in [0.25, 0.3) is 0 Å². The molecule has 1 unspecified atom stereocenters. The fourth-order valence-corrected chi connectivity index (χ4v) is 3.50. The van der Waals surface area contributed by atoms with Crippen LogP contribution in [-0.2, 0) is 11.4 Å². The molecule has 8 heteroatoms. The van der Waals surface area contributed by atoms with Crippen LogP contribution in [0, 0.1) is 0 Å². The highest BCUT2D eigenvalue weighted by molar-refractivity contribution is 6.42. The van der Waals surface area contributed by atoms with Crippen LogP contribution in [0.5, 0.6) is 0 Å². The van der Waals surface area contributed by atoms with E-state index in [2.05, 4.69) is 10.5 Å². The number of hydrogen-bond acceptors (Lipinski definition) is 3. The van der Waals surface area contributed by atoms with E-state index in [1.165, 1.54) is 0 Å². The lowest BCUT2D eigenvalue weighted by Gasteiger charge is -2.26. The van der Waals surface area contributed by atoms with E-state index in [0.717, 1.165) is 16.8 Å². The molecule has 1 heterocycles. The first-order valence-corrected chi connectivity index (χ1v) is 10.4. The van der Waals surface area contributed by atoms with Gasteiger partial charge in [0.05, 0.1) is 22.3 Å². The average Bonchev–Trinajstić information content (AvgIpc) is 3.13. The Bertz CT molecular complexity index is 918. The van der Waals surface area contributed by atoms with Gasteiger partial charge in [-0.3, -0.25) is 0 Å². The van der Waals surface area contributed by atoms with Crippen LogP contribution in [0.1, 0.15) is 31.4 Å². The van der Waals surface area contributed by atoms with Crippen LogP contribution in [-0.4, -0.2) is 35.3 Å². The number of rotatable bonds is 6. The first kappa shape index (κ1) is 21.8. The Morgan fingerprint density at radius 1 is 1.17 bits per heavy atom. The number of oxime groups is 1. The van der Waals surface area contributed by atoms with E-state index in [0.29, 0.717) is 34.6 Å². The molecule has 0 radical (unpaired) electrons. The Morgan fingerprint density at radius 2 is 1.93 bits per heavy atom. The van der Waals surface area contributed by atoms with E-state index in [1.807, 2.05) is 44.2 Å². The van der Waals surface area contributed by atoms with Crippen LogP contribution in [0.2, 0.25) is 15.1 Å². The number of urea groups is 1. The van der Waals surface area contributed by atoms with E-state index in [1.54, 1.807) is 17.0 Å². The number of carbonyl (C=O) groups excluding carboxylic acids is 1. The van der Waals surface area contributed by atoms with Crippen molar-refractivity contribution in [3.8, 4) is 0 Å². The monoisotopic (exact) mass is 453 g/mol. The van der Waals surface area contributed by atoms with Gasteiger partial charge >= 0.3 is 6.03 Å². The zero-order valence-electron chi connectivity index (χ0n) is 16.2. The highest BCUT2D eigenvalue weighted by Crippen LogP contribution is 2.26. The predicted molar refractivity (Wildman–Crippen MR) is 118 cm³/mol. The minimum absolute atomic E-state index is 0.0174. The number of benzene rings is 2. The zero-order valence-corrected chi connectivity index (χ0v) is 18.4. The second-order valence-corrected chi connectivity index (χ2v) is 8.40. The summed E-state index contributed by atoms with van der Waals surface area (Å²) >= 11 is 18.4. The summed E-state index contributed by atoms with van der Waals surface area (Å²) in [6, 6.07) is 12.7. The van der Waals surface area contributed by atoms with Crippen molar-refractivity contribution in [3.63, 3.8) is 0 Å². The van der Waals surface area contributed by atoms with Crippen molar-refractivity contribution < 1.29 is 9.63 Å². The van der Waals surface area contributed by atoms with Gasteiger partial charge in [-0.2, -0.15) is 0 Å². The van der Waals surface area contributed by atoms with E-state index >= 15 is 0 Å². The number of nitrogens with zero attached hydrogens (tertiary/aromatic N) is 2. The Balaban J connectivity index is 1.70. The van der Waals surface area contributed by atoms with Crippen LogP contribution in [0.15, 0.2) is 47.6 Å². The SMILES string of the molecule is CC(C)NC(=O)N(Cc1ccccc1Cl)CC1CC(c2ccc(Cl)c(Cl)c2)=NO1. The fourth-order valence-electron chi connectivity index (χ4n) is 3.01. The normalized spacial score (nSPS) is 15.8. The smallest absolute Gasteiger partial charge is 0.318 e. The highest BCUT2D eigenvalue weighted by atomic mass is 35.5. The Labute approximate surface area is 185 Å². The van der Waals surface area contributed by atoms with Crippen molar-refractivity contribution in [2.75, 3.05) is 6.54 Å². The van der Waals surface area contributed by atoms with Gasteiger partial charge in [0.1, 0.15) is 0 Å². The molecule has 0 saturated carbocycles. The maximum absolute atomic E-state index is 12.7. The summed E-state index contributed by atoms with van der Waals surface area (Å²) in [6.07, 6.45) is 0.297. The van der Waals surface area contributed by atoms with Crippen molar-refractivity contribution in [3.05, 3.63) is 68.7 Å². The molecule has 2 aromatic rings. The van der Waals surface area contributed by atoms with Crippen molar-refractivity contribution in [1.29, 1.82) is 0 Å². The molecule has 1 aliphatic rings. The second kappa shape index (κ2) is 9.70. The molecule has 0 aromatic heterocycles. The number of halogens is 3. The summed E-state index contributed by atoms with van der Waals surface area (Å²) in [5, 5.41) is 8.69. The lowest BCUT2D eigenvalue weighted by molar-refractivity contribution is 0.0586. The third-order valence-electron chi connectivity index (χ3n) is 4.43. The van der Waals surface area contributed by atoms with E-state index in [4.69, 9.17) is 39.6 Å². The summed E-state index contributed by atoms with van der Waals surface area (Å²) < 4.78 is 0. The summed E-state index contributed by atoms with van der Waals surface area (Å²) in [6.45, 7) is 4.59. The van der Waals surface area contributed by atoms with Gasteiger partial charge in [0, 0.05) is 29.6 Å². The van der Waals surface area contributed by atoms with Crippen molar-refractivity contribution in [2.45, 2.75) is 39.0 Å². The second-order valence-electron chi connectivity index (χ2n) is 7.17. The first-order chi connectivity index (χ1) is 13.8. The molecule has 0 fully saturated rings. The van der Waals surface area contributed by atoms with Crippen LogP contribution < -0.4 is 5.32 Å². The first-order valence-electron chi connectivity index (χ1n) is 9.30. The zero-order chi connectivity index (χ0) is 21.0. The molecule has 1 aliphatic heterocycles. The lowest BCUT2D eigenvalue weighted by atomic mass is 10.0. The van der Waals surface area contributed by atoms with E-state index < -0.39 is 0 Å². The van der Waals surface area contributed by atoms with Crippen LogP contribution >= 0.6 is 34.8 Å². The van der Waals surface area contributed by atoms with Gasteiger partial charge in [0.2, 0.25) is 0 Å². The van der Waals surface area contributed by atoms with Crippen molar-refractivity contribution in [2.24, 2.45) is 5.16 Å². The third-order valence-corrected chi connectivity index (χ3v) is 5.54. The van der Waals surface area contributed by atoms with Gasteiger partial charge in [-0.1, -0.05) is 64.2 Å². The Morgan fingerprint density at radius 3 is 2.62 bits per heavy atom. The molecular weight excluding hydrogens is 433 g/mol. The maximum Gasteiger partial charge on any atom is 0.318 e. The molecule has 0 aliphatic carbocycles. The Hall–Kier alpha value is -1.95. The molecule has 5 nitrogen and oxygen atoms in total. The molecule has 1 N–H and O–H groups in total. The van der Waals surface area contributed by atoms with Crippen molar-refractivity contribution >= 4 is 46.5 Å². The van der Waals surface area contributed by atoms with E-state index in [9.17, 15) is 4.79 Å². The Kier molecular flexibility index (Phi) is 7.28. The highest BCUT2D eigenvalue weighted by Gasteiger charge is 2.27. The van der Waals surface area contributed by atoms with Crippen LogP contribution in [0.3, 0.4) is 0 Å². The molecule has 154 valence electrons. The summed E-state index contributed by atoms with van der Waals surface area (Å²) in [5.74, 6) is 0. The maximum atomic E-state index is 12.7. The number of hydrogen-bond donors (Lipinski definition) is 1. The summed E-state index contributed by atoms with van der Waals surface area (Å²) in [7, 11) is 0. The average molecular weight is 455 g/mol. The predicted octanol–water partition coefficient (Wildman–Crippen LogP) is 5.76. The topological polar surface area (TPSA) is 53.9 Å². The minimum Gasteiger partial charge on any atom is -0.390 e. The standard InChI is InChI=1S/C21H22Cl3N3O2/c1-13(2)25-21(28)27(11-15-5-3-4-6-17(15)22)12-16-10-20(26-29-16)14-7-8-18(23)19(24)9-14/h3-9,13,16H,10-12H2,1-2H3,(H,25,28). The molecule has 29 heavy (non-hydrogen) atoms. The van der Waals surface area contributed by atoms with Gasteiger partial charge in [-0.15, -0.1) is 0 Å². The molecule has 0 saturated heterocycles. The van der Waals surface area contributed by atoms with Gasteiger partial charge in [-0.05, 0) is 37.6 Å². The van der Waals surface area contributed by atoms with Crippen LogP contribution in [0.25, 0.3) is 0 Å². The van der Waals surface area contributed by atoms with Gasteiger partial charge in [0.15, 0.2) is 6.10 Å². The van der Waals surface area contributed by atoms with Crippen LogP contribution in [0.4, 0.5) is 4.79 Å². The minimum atomic E-state index is -0.264. The largest absolute Gasteiger partial charge is 0.390 e. The van der Waals surface area contributed by atoms with Crippen molar-refractivity contribution in [1.82, 2.24) is 10.2 Å². The summed E-state index contributed by atoms with van der Waals surface area (Å²) in [5.41, 5.74) is 2.50. The van der Waals surface area contributed by atoms with Gasteiger partial charge in [-0.25, -0.2) is 4.79 Å². The summed E-state index contributed by atoms with van der Waals surface area (Å²) in [4.78, 5) is 20.0. The molecule has 2 amide bonds. The number of amides is 2. The molecule has 1 atom stereocenters. The molecule has 0 bridgehead atoms. The van der Waals surface area contributed by atoms with Gasteiger partial charge < -0.3 is 15.1 Å². The molecule has 3 rings (SSSR count).